The average molecular weight is 277 g/mol. The fourth-order valence-electron chi connectivity index (χ4n) is 2.31. The highest BCUT2D eigenvalue weighted by molar-refractivity contribution is 6.75. The highest BCUT2D eigenvalue weighted by Crippen LogP contribution is 2.17. The number of nitrogens with zero attached hydrogens (tertiary/aromatic N) is 3. The fraction of sp³-hybridized carbons (Fsp3) is 0.500. The lowest BCUT2D eigenvalue weighted by atomic mass is 9.51. The summed E-state index contributed by atoms with van der Waals surface area (Å²) in [5.41, 5.74) is 0.759. The Hall–Kier alpha value is -1.80. The molecule has 106 valence electrons. The topological polar surface area (TPSA) is 104 Å². The highest BCUT2D eigenvalue weighted by atomic mass is 16.5. The van der Waals surface area contributed by atoms with E-state index >= 15 is 0 Å². The van der Waals surface area contributed by atoms with Gasteiger partial charge in [0.15, 0.2) is 5.78 Å². The van der Waals surface area contributed by atoms with Gasteiger partial charge in [0.2, 0.25) is 5.91 Å². The van der Waals surface area contributed by atoms with E-state index in [9.17, 15) is 19.9 Å². The van der Waals surface area contributed by atoms with Gasteiger partial charge in [-0.1, -0.05) is 6.92 Å². The van der Waals surface area contributed by atoms with Crippen LogP contribution < -0.4 is 5.59 Å². The van der Waals surface area contributed by atoms with Gasteiger partial charge in [0.25, 0.3) is 0 Å². The van der Waals surface area contributed by atoms with Gasteiger partial charge in [0, 0.05) is 25.2 Å². The van der Waals surface area contributed by atoms with Crippen LogP contribution in [0.5, 0.6) is 0 Å². The van der Waals surface area contributed by atoms with E-state index in [4.69, 9.17) is 0 Å². The third-order valence-corrected chi connectivity index (χ3v) is 3.30. The Morgan fingerprint density at radius 2 is 2.05 bits per heavy atom. The van der Waals surface area contributed by atoms with E-state index in [2.05, 4.69) is 9.97 Å². The molecule has 0 bridgehead atoms. The molecule has 1 aromatic rings. The molecule has 8 heteroatoms. The number of aromatic nitrogens is 2. The van der Waals surface area contributed by atoms with Crippen LogP contribution >= 0.6 is 0 Å². The van der Waals surface area contributed by atoms with Crippen LogP contribution in [0.1, 0.15) is 25.5 Å². The van der Waals surface area contributed by atoms with Gasteiger partial charge >= 0.3 is 6.85 Å². The predicted molar refractivity (Wildman–Crippen MR) is 70.2 cm³/mol. The van der Waals surface area contributed by atoms with Gasteiger partial charge in [-0.2, -0.15) is 0 Å². The van der Waals surface area contributed by atoms with E-state index in [0.717, 1.165) is 0 Å². The summed E-state index contributed by atoms with van der Waals surface area (Å²) in [5, 5.41) is 20.1. The summed E-state index contributed by atoms with van der Waals surface area (Å²) in [4.78, 5) is 32.3. The number of hydrogen-bond acceptors (Lipinski definition) is 6. The molecule has 1 aliphatic heterocycles. The van der Waals surface area contributed by atoms with Crippen molar-refractivity contribution in [2.45, 2.75) is 32.7 Å². The van der Waals surface area contributed by atoms with Crippen molar-refractivity contribution in [1.82, 2.24) is 14.9 Å². The maximum Gasteiger partial charge on any atom is 0.383 e. The van der Waals surface area contributed by atoms with Crippen LogP contribution in [-0.4, -0.2) is 49.8 Å². The molecule has 2 atom stereocenters. The lowest BCUT2D eigenvalue weighted by Gasteiger charge is -2.29. The number of aliphatic hydroxyl groups excluding tert-OH is 1. The second-order valence-corrected chi connectivity index (χ2v) is 5.19. The van der Waals surface area contributed by atoms with Gasteiger partial charge in [-0.25, -0.2) is 0 Å². The van der Waals surface area contributed by atoms with E-state index in [1.54, 1.807) is 13.8 Å². The van der Waals surface area contributed by atoms with Crippen molar-refractivity contribution in [3.05, 3.63) is 18.1 Å². The van der Waals surface area contributed by atoms with Gasteiger partial charge in [0.05, 0.1) is 11.3 Å². The fourth-order valence-corrected chi connectivity index (χ4v) is 2.31. The zero-order valence-corrected chi connectivity index (χ0v) is 11.4. The summed E-state index contributed by atoms with van der Waals surface area (Å²) in [7, 11) is 0. The predicted octanol–water partition coefficient (Wildman–Crippen LogP) is -0.900. The second-order valence-electron chi connectivity index (χ2n) is 5.19. The molecule has 0 aliphatic carbocycles. The molecule has 20 heavy (non-hydrogen) atoms. The first-order valence-corrected chi connectivity index (χ1v) is 6.40. The number of hydrogen-bond donors (Lipinski definition) is 2. The molecule has 1 amide bonds. The number of aliphatic hydroxyl groups is 1. The SMILES string of the molecule is Cc1cncc(B2C(O)C(=O)CC(C)CC(=O)N2O)n1. The molecule has 0 saturated carbocycles. The molecule has 0 spiro atoms. The van der Waals surface area contributed by atoms with Crippen LogP contribution in [-0.2, 0) is 9.59 Å². The summed E-state index contributed by atoms with van der Waals surface area (Å²) in [6.07, 6.45) is 2.98. The third kappa shape index (κ3) is 2.86. The summed E-state index contributed by atoms with van der Waals surface area (Å²) in [5.74, 6) is -1.18. The zero-order valence-electron chi connectivity index (χ0n) is 11.4. The van der Waals surface area contributed by atoms with E-state index < -0.39 is 24.5 Å². The Morgan fingerprint density at radius 3 is 2.70 bits per heavy atom. The first kappa shape index (κ1) is 14.6. The number of carbonyl (C=O) groups is 2. The van der Waals surface area contributed by atoms with E-state index in [-0.39, 0.29) is 24.4 Å². The first-order valence-electron chi connectivity index (χ1n) is 6.40. The first-order chi connectivity index (χ1) is 9.40. The molecule has 0 aromatic carbocycles. The van der Waals surface area contributed by atoms with Crippen LogP contribution in [0.2, 0.25) is 0 Å². The van der Waals surface area contributed by atoms with Crippen LogP contribution in [0, 0.1) is 12.8 Å². The number of rotatable bonds is 1. The monoisotopic (exact) mass is 277 g/mol. The van der Waals surface area contributed by atoms with Crippen molar-refractivity contribution >= 4 is 24.1 Å². The van der Waals surface area contributed by atoms with Crippen molar-refractivity contribution < 1.29 is 19.9 Å². The lowest BCUT2D eigenvalue weighted by Crippen LogP contribution is -2.61. The smallest absolute Gasteiger partial charge is 0.383 e. The largest absolute Gasteiger partial charge is 0.391 e. The molecule has 1 saturated heterocycles. The van der Waals surface area contributed by atoms with Crippen molar-refractivity contribution in [3.63, 3.8) is 0 Å². The van der Waals surface area contributed by atoms with Gasteiger partial charge in [-0.3, -0.25) is 29.7 Å². The quantitative estimate of drug-likeness (QED) is 0.509. The number of Topliss-reactive ketones (excluding diaryl/α,β-unsaturated/α-hetero) is 1. The van der Waals surface area contributed by atoms with Gasteiger partial charge < -0.3 is 5.11 Å². The number of aryl methyl sites for hydroxylation is 1. The Kier molecular flexibility index (Phi) is 4.15. The maximum atomic E-state index is 12.0. The standard InChI is InChI=1S/C12H16BN3O4/c1-7-3-9(17)12(19)13(16(20)11(18)4-7)10-6-14-5-8(2)15-10/h5-7,12,19-20H,3-4H2,1-2H3. The van der Waals surface area contributed by atoms with Gasteiger partial charge in [0.1, 0.15) is 6.00 Å². The van der Waals surface area contributed by atoms with Crippen LogP contribution in [0.25, 0.3) is 0 Å². The Morgan fingerprint density at radius 1 is 1.35 bits per heavy atom. The molecule has 1 aromatic heterocycles. The molecule has 2 N–H and O–H groups in total. The number of amides is 1. The number of ketones is 1. The molecule has 1 fully saturated rings. The van der Waals surface area contributed by atoms with Crippen LogP contribution in [0.4, 0.5) is 0 Å². The molecule has 0 radical (unpaired) electrons. The van der Waals surface area contributed by atoms with Crippen molar-refractivity contribution in [2.24, 2.45) is 5.92 Å². The molecule has 7 nitrogen and oxygen atoms in total. The highest BCUT2D eigenvalue weighted by Gasteiger charge is 2.43. The van der Waals surface area contributed by atoms with Crippen molar-refractivity contribution in [3.8, 4) is 0 Å². The molecular weight excluding hydrogens is 261 g/mol. The molecule has 2 unspecified atom stereocenters. The minimum atomic E-state index is -1.51. The van der Waals surface area contributed by atoms with Crippen LogP contribution in [0.15, 0.2) is 12.4 Å². The zero-order chi connectivity index (χ0) is 14.9. The molecule has 2 rings (SSSR count). The Bertz CT molecular complexity index is 515. The van der Waals surface area contributed by atoms with Gasteiger partial charge in [-0.15, -0.1) is 0 Å². The molecule has 2 heterocycles. The van der Waals surface area contributed by atoms with E-state index in [1.807, 2.05) is 0 Å². The second kappa shape index (κ2) is 5.68. The lowest BCUT2D eigenvalue weighted by molar-refractivity contribution is -0.151. The minimum Gasteiger partial charge on any atom is -0.391 e. The maximum absolute atomic E-state index is 12.0. The van der Waals surface area contributed by atoms with Crippen molar-refractivity contribution in [2.75, 3.05) is 0 Å². The Balaban J connectivity index is 2.41. The summed E-state index contributed by atoms with van der Waals surface area (Å²) >= 11 is 0. The number of carbonyl (C=O) groups excluding carboxylic acids is 2. The average Bonchev–Trinajstić information content (AvgIpc) is 2.37. The summed E-state index contributed by atoms with van der Waals surface area (Å²) in [6.45, 7) is 2.21. The summed E-state index contributed by atoms with van der Waals surface area (Å²) in [6, 6.07) is -1.51. The minimum absolute atomic E-state index is 0.0463. The Labute approximate surface area is 116 Å². The van der Waals surface area contributed by atoms with Crippen LogP contribution in [0.3, 0.4) is 0 Å². The normalized spacial score (nSPS) is 24.6. The molecular formula is C12H16BN3O4. The number of hydroxylamine groups is 1. The van der Waals surface area contributed by atoms with Gasteiger partial charge in [-0.05, 0) is 12.8 Å². The van der Waals surface area contributed by atoms with E-state index in [0.29, 0.717) is 10.7 Å². The van der Waals surface area contributed by atoms with Crippen molar-refractivity contribution in [1.29, 1.82) is 0 Å². The molecule has 1 aliphatic rings. The third-order valence-electron chi connectivity index (χ3n) is 3.30. The van der Waals surface area contributed by atoms with E-state index in [1.165, 1.54) is 12.4 Å². The summed E-state index contributed by atoms with van der Waals surface area (Å²) < 4.78 is 0.